The van der Waals surface area contributed by atoms with Gasteiger partial charge < -0.3 is 5.32 Å². The van der Waals surface area contributed by atoms with E-state index in [0.717, 1.165) is 0 Å². The molecular weight excluding hydrogens is 182 g/mol. The average molecular weight is 203 g/mol. The summed E-state index contributed by atoms with van der Waals surface area (Å²) in [5.41, 5.74) is 4.75. The average Bonchev–Trinajstić information content (AvgIpc) is 2.49. The molecule has 0 spiro atoms. The molecule has 1 aliphatic rings. The zero-order valence-corrected chi connectivity index (χ0v) is 10.1. The first kappa shape index (κ1) is 10.7. The molecule has 1 aromatic rings. The van der Waals surface area contributed by atoms with E-state index in [2.05, 4.69) is 44.3 Å². The molecule has 0 bridgehead atoms. The molecule has 82 valence electrons. The molecule has 1 atom stereocenters. The van der Waals surface area contributed by atoms with Crippen LogP contribution in [0.3, 0.4) is 0 Å². The highest BCUT2D eigenvalue weighted by Gasteiger charge is 2.28. The Labute approximate surface area is 92.9 Å². The van der Waals surface area contributed by atoms with Crippen molar-refractivity contribution in [2.75, 3.05) is 13.1 Å². The van der Waals surface area contributed by atoms with Crippen molar-refractivity contribution in [1.29, 1.82) is 0 Å². The fourth-order valence-electron chi connectivity index (χ4n) is 2.68. The van der Waals surface area contributed by atoms with Gasteiger partial charge in [0, 0.05) is 6.54 Å². The maximum Gasteiger partial charge on any atom is 0.000883 e. The summed E-state index contributed by atoms with van der Waals surface area (Å²) in [6.07, 6.45) is 2.52. The van der Waals surface area contributed by atoms with E-state index < -0.39 is 0 Å². The van der Waals surface area contributed by atoms with Gasteiger partial charge in [0.05, 0.1) is 0 Å². The monoisotopic (exact) mass is 203 g/mol. The summed E-state index contributed by atoms with van der Waals surface area (Å²) < 4.78 is 0. The van der Waals surface area contributed by atoms with Gasteiger partial charge in [0.1, 0.15) is 0 Å². The third-order valence-electron chi connectivity index (χ3n) is 3.37. The molecule has 1 heterocycles. The molecule has 0 amide bonds. The molecule has 1 nitrogen and oxygen atoms in total. The Hall–Kier alpha value is -0.820. The molecule has 1 fully saturated rings. The van der Waals surface area contributed by atoms with Gasteiger partial charge in [-0.05, 0) is 44.2 Å². The van der Waals surface area contributed by atoms with Crippen LogP contribution in [-0.4, -0.2) is 13.1 Å². The molecule has 1 saturated heterocycles. The van der Waals surface area contributed by atoms with Crippen LogP contribution in [0.15, 0.2) is 18.2 Å². The van der Waals surface area contributed by atoms with E-state index >= 15 is 0 Å². The topological polar surface area (TPSA) is 12.0 Å². The van der Waals surface area contributed by atoms with Gasteiger partial charge in [0.15, 0.2) is 0 Å². The lowest BCUT2D eigenvalue weighted by atomic mass is 9.82. The van der Waals surface area contributed by atoms with Crippen molar-refractivity contribution in [3.05, 3.63) is 34.9 Å². The zero-order valence-electron chi connectivity index (χ0n) is 10.1. The Morgan fingerprint density at radius 3 is 2.40 bits per heavy atom. The highest BCUT2D eigenvalue weighted by atomic mass is 14.9. The molecular formula is C14H21N. The van der Waals surface area contributed by atoms with E-state index in [0.29, 0.717) is 5.41 Å². The highest BCUT2D eigenvalue weighted by molar-refractivity contribution is 5.29. The van der Waals surface area contributed by atoms with Crippen LogP contribution in [0.2, 0.25) is 0 Å². The number of nitrogens with one attached hydrogen (secondary N) is 1. The molecule has 2 rings (SSSR count). The van der Waals surface area contributed by atoms with Crippen molar-refractivity contribution < 1.29 is 0 Å². The smallest absolute Gasteiger partial charge is 0.000883 e. The second-order valence-corrected chi connectivity index (χ2v) is 5.41. The van der Waals surface area contributed by atoms with Gasteiger partial charge in [0.2, 0.25) is 0 Å². The van der Waals surface area contributed by atoms with Crippen LogP contribution in [-0.2, 0) is 6.42 Å². The maximum absolute atomic E-state index is 3.46. The summed E-state index contributed by atoms with van der Waals surface area (Å²) in [5.74, 6) is 0. The lowest BCUT2D eigenvalue weighted by Gasteiger charge is -2.23. The number of hydrogen-bond acceptors (Lipinski definition) is 1. The van der Waals surface area contributed by atoms with Gasteiger partial charge in [0.25, 0.3) is 0 Å². The summed E-state index contributed by atoms with van der Waals surface area (Å²) in [6, 6.07) is 6.91. The number of hydrogen-bond donors (Lipinski definition) is 1. The second kappa shape index (κ2) is 3.97. The summed E-state index contributed by atoms with van der Waals surface area (Å²) in [4.78, 5) is 0. The van der Waals surface area contributed by atoms with Crippen molar-refractivity contribution >= 4 is 0 Å². The third kappa shape index (κ3) is 2.60. The third-order valence-corrected chi connectivity index (χ3v) is 3.37. The van der Waals surface area contributed by atoms with Gasteiger partial charge in [-0.2, -0.15) is 0 Å². The maximum atomic E-state index is 3.46. The first-order valence-corrected chi connectivity index (χ1v) is 5.85. The van der Waals surface area contributed by atoms with E-state index in [1.165, 1.54) is 42.6 Å². The Bertz CT molecular complexity index is 328. The van der Waals surface area contributed by atoms with Crippen molar-refractivity contribution in [3.63, 3.8) is 0 Å². The minimum atomic E-state index is 0.472. The Kier molecular flexibility index (Phi) is 2.83. The predicted octanol–water partition coefficient (Wildman–Crippen LogP) is 2.85. The van der Waals surface area contributed by atoms with Crippen molar-refractivity contribution in [2.24, 2.45) is 5.41 Å². The van der Waals surface area contributed by atoms with E-state index in [1.54, 1.807) is 0 Å². The molecule has 1 unspecified atom stereocenters. The molecule has 0 aromatic heterocycles. The highest BCUT2D eigenvalue weighted by Crippen LogP contribution is 2.29. The van der Waals surface area contributed by atoms with Crippen molar-refractivity contribution in [3.8, 4) is 0 Å². The molecule has 1 heteroatoms. The fourth-order valence-corrected chi connectivity index (χ4v) is 2.68. The lowest BCUT2D eigenvalue weighted by molar-refractivity contribution is 0.362. The molecule has 15 heavy (non-hydrogen) atoms. The standard InChI is InChI=1S/C14H21N/c1-11-6-12(2)8-13(7-11)9-14(3)4-5-15-10-14/h6-8,15H,4-5,9-10H2,1-3H3. The van der Waals surface area contributed by atoms with Crippen LogP contribution in [0.1, 0.15) is 30.0 Å². The molecule has 0 aliphatic carbocycles. The van der Waals surface area contributed by atoms with Crippen molar-refractivity contribution in [1.82, 2.24) is 5.32 Å². The summed E-state index contributed by atoms with van der Waals surface area (Å²) in [6.45, 7) is 9.11. The van der Waals surface area contributed by atoms with Crippen LogP contribution in [0.25, 0.3) is 0 Å². The molecule has 1 N–H and O–H groups in total. The Morgan fingerprint density at radius 1 is 1.20 bits per heavy atom. The first-order valence-electron chi connectivity index (χ1n) is 5.85. The van der Waals surface area contributed by atoms with E-state index in [-0.39, 0.29) is 0 Å². The van der Waals surface area contributed by atoms with Crippen molar-refractivity contribution in [2.45, 2.75) is 33.6 Å². The number of benzene rings is 1. The molecule has 1 aromatic carbocycles. The quantitative estimate of drug-likeness (QED) is 0.779. The molecule has 1 aliphatic heterocycles. The van der Waals surface area contributed by atoms with E-state index in [4.69, 9.17) is 0 Å². The van der Waals surface area contributed by atoms with Gasteiger partial charge >= 0.3 is 0 Å². The zero-order chi connectivity index (χ0) is 10.9. The van der Waals surface area contributed by atoms with Gasteiger partial charge in [-0.25, -0.2) is 0 Å². The summed E-state index contributed by atoms with van der Waals surface area (Å²) in [5, 5.41) is 3.46. The van der Waals surface area contributed by atoms with Gasteiger partial charge in [-0.1, -0.05) is 36.2 Å². The lowest BCUT2D eigenvalue weighted by Crippen LogP contribution is -2.22. The summed E-state index contributed by atoms with van der Waals surface area (Å²) >= 11 is 0. The summed E-state index contributed by atoms with van der Waals surface area (Å²) in [7, 11) is 0. The van der Waals surface area contributed by atoms with Crippen LogP contribution in [0.5, 0.6) is 0 Å². The predicted molar refractivity (Wildman–Crippen MR) is 65.2 cm³/mol. The Balaban J connectivity index is 2.16. The fraction of sp³-hybridized carbons (Fsp3) is 0.571. The SMILES string of the molecule is Cc1cc(C)cc(CC2(C)CCNC2)c1. The van der Waals surface area contributed by atoms with Crippen LogP contribution >= 0.6 is 0 Å². The van der Waals surface area contributed by atoms with E-state index in [1.807, 2.05) is 0 Å². The van der Waals surface area contributed by atoms with Gasteiger partial charge in [-0.15, -0.1) is 0 Å². The van der Waals surface area contributed by atoms with E-state index in [9.17, 15) is 0 Å². The second-order valence-electron chi connectivity index (χ2n) is 5.41. The normalized spacial score (nSPS) is 25.8. The number of rotatable bonds is 2. The first-order chi connectivity index (χ1) is 7.07. The van der Waals surface area contributed by atoms with Crippen LogP contribution in [0, 0.1) is 19.3 Å². The van der Waals surface area contributed by atoms with Crippen LogP contribution in [0.4, 0.5) is 0 Å². The minimum absolute atomic E-state index is 0.472. The number of aryl methyl sites for hydroxylation is 2. The van der Waals surface area contributed by atoms with Crippen LogP contribution < -0.4 is 5.32 Å². The largest absolute Gasteiger partial charge is 0.316 e. The molecule has 0 radical (unpaired) electrons. The van der Waals surface area contributed by atoms with Gasteiger partial charge in [-0.3, -0.25) is 0 Å². The molecule has 0 saturated carbocycles. The Morgan fingerprint density at radius 2 is 1.87 bits per heavy atom. The minimum Gasteiger partial charge on any atom is -0.316 e.